The molecule has 0 aliphatic heterocycles. The van der Waals surface area contributed by atoms with Crippen LogP contribution in [0.2, 0.25) is 0 Å². The fourth-order valence-corrected chi connectivity index (χ4v) is 2.10. The maximum atomic E-state index is 4.04. The van der Waals surface area contributed by atoms with Crippen LogP contribution in [0.15, 0.2) is 30.5 Å². The molecule has 0 amide bonds. The van der Waals surface area contributed by atoms with Gasteiger partial charge in [0.15, 0.2) is 0 Å². The molecule has 2 N–H and O–H groups in total. The Morgan fingerprint density at radius 2 is 1.74 bits per heavy atom. The van der Waals surface area contributed by atoms with Crippen molar-refractivity contribution in [2.75, 3.05) is 0 Å². The van der Waals surface area contributed by atoms with Gasteiger partial charge in [0.05, 0.1) is 6.20 Å². The van der Waals surface area contributed by atoms with E-state index in [2.05, 4.69) is 60.6 Å². The smallest absolute Gasteiger partial charge is 0.0535 e. The molecule has 1 atom stereocenters. The van der Waals surface area contributed by atoms with Crippen molar-refractivity contribution in [1.82, 2.24) is 15.5 Å². The summed E-state index contributed by atoms with van der Waals surface area (Å²) in [5.41, 5.74) is 5.08. The number of aromatic nitrogens is 2. The summed E-state index contributed by atoms with van der Waals surface area (Å²) in [5.74, 6) is 0.589. The standard InChI is InChI=1S/C16H23N3/c1-11(2)14-5-7-15(8-6-14)12(3)17-9-16-10-18-19-13(16)4/h5-8,10-12,17H,9H2,1-4H3,(H,18,19). The van der Waals surface area contributed by atoms with E-state index in [1.165, 1.54) is 16.7 Å². The van der Waals surface area contributed by atoms with E-state index in [0.29, 0.717) is 12.0 Å². The highest BCUT2D eigenvalue weighted by Gasteiger charge is 2.07. The molecule has 2 rings (SSSR count). The van der Waals surface area contributed by atoms with Crippen LogP contribution in [0.1, 0.15) is 55.1 Å². The van der Waals surface area contributed by atoms with Crippen LogP contribution in [0.3, 0.4) is 0 Å². The summed E-state index contributed by atoms with van der Waals surface area (Å²) in [6.07, 6.45) is 1.89. The first-order valence-corrected chi connectivity index (χ1v) is 6.90. The number of hydrogen-bond acceptors (Lipinski definition) is 2. The predicted octanol–water partition coefficient (Wildman–Crippen LogP) is 3.69. The second-order valence-electron chi connectivity index (χ2n) is 5.44. The quantitative estimate of drug-likeness (QED) is 0.857. The lowest BCUT2D eigenvalue weighted by atomic mass is 9.99. The summed E-state index contributed by atoms with van der Waals surface area (Å²) in [5, 5.41) is 10.5. The number of aryl methyl sites for hydroxylation is 1. The number of benzene rings is 1. The molecule has 102 valence electrons. The molecule has 0 spiro atoms. The Morgan fingerprint density at radius 1 is 1.11 bits per heavy atom. The van der Waals surface area contributed by atoms with E-state index in [9.17, 15) is 0 Å². The van der Waals surface area contributed by atoms with E-state index in [0.717, 1.165) is 12.2 Å². The van der Waals surface area contributed by atoms with E-state index in [4.69, 9.17) is 0 Å². The Bertz CT molecular complexity index is 511. The third-order valence-corrected chi connectivity index (χ3v) is 3.64. The number of rotatable bonds is 5. The zero-order valence-corrected chi connectivity index (χ0v) is 12.2. The van der Waals surface area contributed by atoms with Gasteiger partial charge in [-0.15, -0.1) is 0 Å². The van der Waals surface area contributed by atoms with Gasteiger partial charge in [0.1, 0.15) is 0 Å². The van der Waals surface area contributed by atoms with Gasteiger partial charge in [-0.2, -0.15) is 5.10 Å². The summed E-state index contributed by atoms with van der Waals surface area (Å²) >= 11 is 0. The molecule has 3 nitrogen and oxygen atoms in total. The van der Waals surface area contributed by atoms with E-state index in [-0.39, 0.29) is 0 Å². The number of H-pyrrole nitrogens is 1. The highest BCUT2D eigenvalue weighted by molar-refractivity contribution is 5.26. The van der Waals surface area contributed by atoms with E-state index in [1.807, 2.05) is 13.1 Å². The van der Waals surface area contributed by atoms with Crippen molar-refractivity contribution >= 4 is 0 Å². The minimum Gasteiger partial charge on any atom is -0.306 e. The molecule has 1 aromatic heterocycles. The van der Waals surface area contributed by atoms with Crippen LogP contribution in [-0.2, 0) is 6.54 Å². The van der Waals surface area contributed by atoms with E-state index < -0.39 is 0 Å². The van der Waals surface area contributed by atoms with Crippen LogP contribution in [0.4, 0.5) is 0 Å². The van der Waals surface area contributed by atoms with Crippen LogP contribution >= 0.6 is 0 Å². The highest BCUT2D eigenvalue weighted by Crippen LogP contribution is 2.19. The second kappa shape index (κ2) is 6.02. The van der Waals surface area contributed by atoms with Crippen LogP contribution in [0.25, 0.3) is 0 Å². The van der Waals surface area contributed by atoms with Gasteiger partial charge in [0, 0.05) is 23.8 Å². The zero-order valence-electron chi connectivity index (χ0n) is 12.2. The molecular formula is C16H23N3. The summed E-state index contributed by atoms with van der Waals surface area (Å²) in [4.78, 5) is 0. The fraction of sp³-hybridized carbons (Fsp3) is 0.438. The first kappa shape index (κ1) is 13.8. The van der Waals surface area contributed by atoms with Crippen molar-refractivity contribution in [3.05, 3.63) is 52.8 Å². The van der Waals surface area contributed by atoms with Crippen molar-refractivity contribution < 1.29 is 0 Å². The number of aromatic amines is 1. The summed E-state index contributed by atoms with van der Waals surface area (Å²) < 4.78 is 0. The maximum absolute atomic E-state index is 4.04. The molecule has 0 bridgehead atoms. The molecule has 3 heteroatoms. The zero-order chi connectivity index (χ0) is 13.8. The third kappa shape index (κ3) is 3.44. The molecule has 0 fully saturated rings. The normalized spacial score (nSPS) is 12.9. The van der Waals surface area contributed by atoms with Crippen molar-refractivity contribution in [1.29, 1.82) is 0 Å². The Hall–Kier alpha value is -1.61. The molecule has 0 saturated heterocycles. The largest absolute Gasteiger partial charge is 0.306 e. The summed E-state index contributed by atoms with van der Waals surface area (Å²) in [6, 6.07) is 9.23. The summed E-state index contributed by atoms with van der Waals surface area (Å²) in [6.45, 7) is 9.53. The van der Waals surface area contributed by atoms with E-state index in [1.54, 1.807) is 0 Å². The molecule has 0 aliphatic carbocycles. The minimum atomic E-state index is 0.343. The average Bonchev–Trinajstić information content (AvgIpc) is 2.81. The van der Waals surface area contributed by atoms with Crippen LogP contribution in [-0.4, -0.2) is 10.2 Å². The molecular weight excluding hydrogens is 234 g/mol. The first-order valence-electron chi connectivity index (χ1n) is 6.90. The topological polar surface area (TPSA) is 40.7 Å². The molecule has 1 heterocycles. The molecule has 1 unspecified atom stereocenters. The summed E-state index contributed by atoms with van der Waals surface area (Å²) in [7, 11) is 0. The van der Waals surface area contributed by atoms with Gasteiger partial charge < -0.3 is 5.32 Å². The van der Waals surface area contributed by atoms with Crippen LogP contribution in [0.5, 0.6) is 0 Å². The highest BCUT2D eigenvalue weighted by atomic mass is 15.1. The minimum absolute atomic E-state index is 0.343. The van der Waals surface area contributed by atoms with Crippen molar-refractivity contribution in [3.8, 4) is 0 Å². The molecule has 2 aromatic rings. The Balaban J connectivity index is 1.96. The van der Waals surface area contributed by atoms with Crippen molar-refractivity contribution in [2.24, 2.45) is 0 Å². The lowest BCUT2D eigenvalue weighted by Crippen LogP contribution is -2.18. The monoisotopic (exact) mass is 257 g/mol. The predicted molar refractivity (Wildman–Crippen MR) is 79.1 cm³/mol. The number of nitrogens with one attached hydrogen (secondary N) is 2. The van der Waals surface area contributed by atoms with Crippen LogP contribution in [0, 0.1) is 6.92 Å². The fourth-order valence-electron chi connectivity index (χ4n) is 2.10. The lowest BCUT2D eigenvalue weighted by molar-refractivity contribution is 0.573. The van der Waals surface area contributed by atoms with Gasteiger partial charge in [-0.3, -0.25) is 5.10 Å². The Kier molecular flexibility index (Phi) is 4.38. The number of hydrogen-bond donors (Lipinski definition) is 2. The van der Waals surface area contributed by atoms with E-state index >= 15 is 0 Å². The van der Waals surface area contributed by atoms with Gasteiger partial charge in [-0.05, 0) is 30.9 Å². The average molecular weight is 257 g/mol. The molecule has 1 aromatic carbocycles. The molecule has 0 radical (unpaired) electrons. The third-order valence-electron chi connectivity index (χ3n) is 3.64. The Labute approximate surface area is 115 Å². The van der Waals surface area contributed by atoms with Gasteiger partial charge in [0.25, 0.3) is 0 Å². The number of nitrogens with zero attached hydrogens (tertiary/aromatic N) is 1. The molecule has 0 aliphatic rings. The van der Waals surface area contributed by atoms with Crippen molar-refractivity contribution in [3.63, 3.8) is 0 Å². The van der Waals surface area contributed by atoms with Gasteiger partial charge in [0.2, 0.25) is 0 Å². The van der Waals surface area contributed by atoms with Gasteiger partial charge in [-0.1, -0.05) is 38.1 Å². The molecule has 19 heavy (non-hydrogen) atoms. The Morgan fingerprint density at radius 3 is 2.26 bits per heavy atom. The van der Waals surface area contributed by atoms with Crippen molar-refractivity contribution in [2.45, 2.75) is 46.2 Å². The maximum Gasteiger partial charge on any atom is 0.0535 e. The van der Waals surface area contributed by atoms with Crippen LogP contribution < -0.4 is 5.32 Å². The lowest BCUT2D eigenvalue weighted by Gasteiger charge is -2.15. The SMILES string of the molecule is Cc1[nH]ncc1CNC(C)c1ccc(C(C)C)cc1. The first-order chi connectivity index (χ1) is 9.08. The van der Waals surface area contributed by atoms with Gasteiger partial charge in [-0.25, -0.2) is 0 Å². The molecule has 0 saturated carbocycles. The second-order valence-corrected chi connectivity index (χ2v) is 5.44. The van der Waals surface area contributed by atoms with Gasteiger partial charge >= 0.3 is 0 Å².